The predicted molar refractivity (Wildman–Crippen MR) is 101 cm³/mol. The molecule has 0 radical (unpaired) electrons. The van der Waals surface area contributed by atoms with Gasteiger partial charge in [-0.3, -0.25) is 0 Å². The van der Waals surface area contributed by atoms with E-state index in [0.717, 1.165) is 23.7 Å². The van der Waals surface area contributed by atoms with E-state index in [9.17, 15) is 4.79 Å². The number of amides is 2. The molecule has 0 saturated heterocycles. The molecule has 0 bridgehead atoms. The Hall–Kier alpha value is -2.89. The molecular weight excluding hydrogens is 332 g/mol. The maximum Gasteiger partial charge on any atom is 0.315 e. The van der Waals surface area contributed by atoms with Crippen LogP contribution in [-0.4, -0.2) is 39.4 Å². The fourth-order valence-electron chi connectivity index (χ4n) is 2.26. The second-order valence-electron chi connectivity index (χ2n) is 5.56. The molecule has 2 aromatic carbocycles. The number of methoxy groups -OCH3 is 1. The number of ether oxygens (including phenoxy) is 3. The van der Waals surface area contributed by atoms with E-state index in [-0.39, 0.29) is 6.03 Å². The second-order valence-corrected chi connectivity index (χ2v) is 5.56. The summed E-state index contributed by atoms with van der Waals surface area (Å²) in [5.74, 6) is 2.33. The Morgan fingerprint density at radius 2 is 1.50 bits per heavy atom. The molecule has 0 unspecified atom stereocenters. The van der Waals surface area contributed by atoms with Crippen molar-refractivity contribution in [1.82, 2.24) is 10.6 Å². The first-order chi connectivity index (χ1) is 12.7. The van der Waals surface area contributed by atoms with Crippen LogP contribution in [0, 0.1) is 0 Å². The van der Waals surface area contributed by atoms with Gasteiger partial charge in [-0.05, 0) is 48.4 Å². The zero-order chi connectivity index (χ0) is 18.6. The van der Waals surface area contributed by atoms with Gasteiger partial charge in [0.2, 0.25) is 0 Å². The molecule has 6 nitrogen and oxygen atoms in total. The second kappa shape index (κ2) is 10.9. The number of carbonyl (C=O) groups excluding carboxylic acids is 1. The minimum absolute atomic E-state index is 0.241. The Balaban J connectivity index is 1.54. The van der Waals surface area contributed by atoms with Gasteiger partial charge in [0.15, 0.2) is 0 Å². The van der Waals surface area contributed by atoms with Crippen molar-refractivity contribution in [2.24, 2.45) is 0 Å². The quantitative estimate of drug-likeness (QED) is 0.641. The summed E-state index contributed by atoms with van der Waals surface area (Å²) in [5.41, 5.74) is 1.23. The third kappa shape index (κ3) is 6.93. The summed E-state index contributed by atoms with van der Waals surface area (Å²) in [6.07, 6.45) is 0.969. The van der Waals surface area contributed by atoms with E-state index in [1.807, 2.05) is 42.5 Å². The Morgan fingerprint density at radius 1 is 0.885 bits per heavy atom. The largest absolute Gasteiger partial charge is 0.497 e. The monoisotopic (exact) mass is 358 g/mol. The number of nitrogens with one attached hydrogen (secondary N) is 2. The summed E-state index contributed by atoms with van der Waals surface area (Å²) >= 11 is 0. The number of aryl methyl sites for hydroxylation is 1. The molecule has 0 saturated carbocycles. The van der Waals surface area contributed by atoms with Crippen LogP contribution in [0.2, 0.25) is 0 Å². The molecule has 0 aromatic heterocycles. The minimum Gasteiger partial charge on any atom is -0.497 e. The van der Waals surface area contributed by atoms with Crippen LogP contribution in [0.25, 0.3) is 0 Å². The Kier molecular flexibility index (Phi) is 8.12. The highest BCUT2D eigenvalue weighted by molar-refractivity contribution is 5.73. The maximum atomic E-state index is 11.7. The average molecular weight is 358 g/mol. The molecule has 2 N–H and O–H groups in total. The first-order valence-electron chi connectivity index (χ1n) is 8.71. The number of rotatable bonds is 10. The van der Waals surface area contributed by atoms with Gasteiger partial charge in [0, 0.05) is 0 Å². The van der Waals surface area contributed by atoms with Crippen molar-refractivity contribution in [3.8, 4) is 17.2 Å². The first kappa shape index (κ1) is 19.4. The van der Waals surface area contributed by atoms with E-state index in [2.05, 4.69) is 23.6 Å². The molecule has 0 atom stereocenters. The zero-order valence-electron chi connectivity index (χ0n) is 15.3. The lowest BCUT2D eigenvalue weighted by atomic mass is 10.2. The fraction of sp³-hybridized carbons (Fsp3) is 0.350. The molecule has 0 aliphatic heterocycles. The van der Waals surface area contributed by atoms with E-state index < -0.39 is 0 Å². The number of urea groups is 1. The van der Waals surface area contributed by atoms with Crippen molar-refractivity contribution in [3.05, 3.63) is 54.1 Å². The lowest BCUT2D eigenvalue weighted by Crippen LogP contribution is -2.39. The highest BCUT2D eigenvalue weighted by atomic mass is 16.5. The highest BCUT2D eigenvalue weighted by Gasteiger charge is 2.01. The van der Waals surface area contributed by atoms with E-state index >= 15 is 0 Å². The van der Waals surface area contributed by atoms with Crippen LogP contribution < -0.4 is 24.8 Å². The van der Waals surface area contributed by atoms with Crippen molar-refractivity contribution in [2.75, 3.05) is 33.4 Å². The van der Waals surface area contributed by atoms with Crippen molar-refractivity contribution >= 4 is 6.03 Å². The van der Waals surface area contributed by atoms with Crippen LogP contribution in [0.15, 0.2) is 48.5 Å². The Morgan fingerprint density at radius 3 is 2.12 bits per heavy atom. The molecule has 0 aliphatic carbocycles. The van der Waals surface area contributed by atoms with Crippen LogP contribution in [0.4, 0.5) is 4.79 Å². The van der Waals surface area contributed by atoms with Gasteiger partial charge in [-0.1, -0.05) is 19.1 Å². The van der Waals surface area contributed by atoms with Gasteiger partial charge in [-0.2, -0.15) is 0 Å². The van der Waals surface area contributed by atoms with Gasteiger partial charge in [-0.15, -0.1) is 0 Å². The molecular formula is C20H26N2O4. The number of benzene rings is 2. The summed E-state index contributed by atoms with van der Waals surface area (Å²) in [5, 5.41) is 5.49. The highest BCUT2D eigenvalue weighted by Crippen LogP contribution is 2.16. The van der Waals surface area contributed by atoms with E-state index in [4.69, 9.17) is 14.2 Å². The molecule has 2 aromatic rings. The van der Waals surface area contributed by atoms with Crippen molar-refractivity contribution < 1.29 is 19.0 Å². The van der Waals surface area contributed by atoms with Gasteiger partial charge in [0.1, 0.15) is 30.5 Å². The lowest BCUT2D eigenvalue weighted by molar-refractivity contribution is 0.232. The molecule has 6 heteroatoms. The number of hydrogen-bond donors (Lipinski definition) is 2. The molecule has 26 heavy (non-hydrogen) atoms. The molecule has 2 amide bonds. The maximum absolute atomic E-state index is 11.7. The smallest absolute Gasteiger partial charge is 0.315 e. The summed E-state index contributed by atoms with van der Waals surface area (Å²) in [7, 11) is 1.62. The Bertz CT molecular complexity index is 674. The summed E-state index contributed by atoms with van der Waals surface area (Å²) in [4.78, 5) is 11.7. The van der Waals surface area contributed by atoms with Crippen molar-refractivity contribution in [1.29, 1.82) is 0 Å². The third-order valence-electron chi connectivity index (χ3n) is 3.68. The van der Waals surface area contributed by atoms with Crippen molar-refractivity contribution in [3.63, 3.8) is 0 Å². The number of carbonyl (C=O) groups is 1. The van der Waals surface area contributed by atoms with E-state index in [1.54, 1.807) is 7.11 Å². The Labute approximate surface area is 154 Å². The van der Waals surface area contributed by atoms with Crippen LogP contribution in [0.3, 0.4) is 0 Å². The first-order valence-corrected chi connectivity index (χ1v) is 8.71. The van der Waals surface area contributed by atoms with Gasteiger partial charge in [0.25, 0.3) is 0 Å². The predicted octanol–water partition coefficient (Wildman–Crippen LogP) is 3.01. The lowest BCUT2D eigenvalue weighted by Gasteiger charge is -2.10. The van der Waals surface area contributed by atoms with Gasteiger partial charge >= 0.3 is 6.03 Å². The summed E-state index contributed by atoms with van der Waals surface area (Å²) in [6, 6.07) is 15.0. The molecule has 2 rings (SSSR count). The van der Waals surface area contributed by atoms with Crippen LogP contribution in [0.5, 0.6) is 17.2 Å². The van der Waals surface area contributed by atoms with Gasteiger partial charge in [0.05, 0.1) is 20.2 Å². The topological polar surface area (TPSA) is 68.8 Å². The fourth-order valence-corrected chi connectivity index (χ4v) is 2.26. The van der Waals surface area contributed by atoms with Gasteiger partial charge in [-0.25, -0.2) is 4.79 Å². The average Bonchev–Trinajstić information content (AvgIpc) is 2.69. The zero-order valence-corrected chi connectivity index (χ0v) is 15.3. The summed E-state index contributed by atoms with van der Waals surface area (Å²) < 4.78 is 16.2. The minimum atomic E-state index is -0.241. The SMILES string of the molecule is CCc1cccc(OCCNC(=O)NCCOc2ccc(OC)cc2)c1. The standard InChI is InChI=1S/C20H26N2O4/c1-3-16-5-4-6-19(15-16)26-14-12-22-20(23)21-11-13-25-18-9-7-17(24-2)8-10-18/h4-10,15H,3,11-14H2,1-2H3,(H2,21,22,23). The van der Waals surface area contributed by atoms with Crippen LogP contribution in [-0.2, 0) is 6.42 Å². The molecule has 0 aliphatic rings. The van der Waals surface area contributed by atoms with E-state index in [1.165, 1.54) is 5.56 Å². The third-order valence-corrected chi connectivity index (χ3v) is 3.68. The molecule has 0 fully saturated rings. The molecule has 0 spiro atoms. The van der Waals surface area contributed by atoms with Gasteiger partial charge < -0.3 is 24.8 Å². The molecule has 0 heterocycles. The van der Waals surface area contributed by atoms with Crippen molar-refractivity contribution in [2.45, 2.75) is 13.3 Å². The molecule has 140 valence electrons. The van der Waals surface area contributed by atoms with E-state index in [0.29, 0.717) is 26.3 Å². The van der Waals surface area contributed by atoms with Crippen LogP contribution >= 0.6 is 0 Å². The van der Waals surface area contributed by atoms with Crippen LogP contribution in [0.1, 0.15) is 12.5 Å². The number of hydrogen-bond acceptors (Lipinski definition) is 4. The normalized spacial score (nSPS) is 10.1. The summed E-state index contributed by atoms with van der Waals surface area (Å²) in [6.45, 7) is 3.76.